The lowest BCUT2D eigenvalue weighted by atomic mass is 9.48. The maximum absolute atomic E-state index is 12.6. The molecule has 7 heteroatoms. The van der Waals surface area contributed by atoms with Crippen LogP contribution in [0.2, 0.25) is 0 Å². The minimum atomic E-state index is -0.868. The first-order valence-corrected chi connectivity index (χ1v) is 6.90. The number of nitrogens with one attached hydrogen (secondary N) is 1. The molecule has 1 aliphatic carbocycles. The Kier molecular flexibility index (Phi) is 2.88. The van der Waals surface area contributed by atoms with Crippen molar-refractivity contribution in [3.63, 3.8) is 0 Å². The van der Waals surface area contributed by atoms with Gasteiger partial charge < -0.3 is 20.4 Å². The number of ether oxygens (including phenoxy) is 1. The van der Waals surface area contributed by atoms with Gasteiger partial charge in [-0.2, -0.15) is 0 Å². The number of hydrogen-bond donors (Lipinski definition) is 2. The average molecular weight is 279 g/mol. The number of amides is 1. The van der Waals surface area contributed by atoms with Crippen molar-refractivity contribution in [2.24, 2.45) is 24.1 Å². The van der Waals surface area contributed by atoms with Gasteiger partial charge in [0.15, 0.2) is 5.82 Å². The van der Waals surface area contributed by atoms with E-state index >= 15 is 0 Å². The third kappa shape index (κ3) is 1.56. The standard InChI is InChI=1S/C13H21N5O2/c1-12(2)10-8(4-5-20-10)13(12,14)11(19)15-6-9-17-16-7-18(9)3/h7-8,10H,4-6,14H2,1-3H3,(H,15,19). The third-order valence-corrected chi connectivity index (χ3v) is 5.04. The second kappa shape index (κ2) is 4.26. The molecule has 1 saturated carbocycles. The number of hydrogen-bond acceptors (Lipinski definition) is 5. The number of aryl methyl sites for hydroxylation is 1. The molecule has 2 heterocycles. The van der Waals surface area contributed by atoms with Crippen LogP contribution in [0, 0.1) is 11.3 Å². The van der Waals surface area contributed by atoms with Crippen LogP contribution in [-0.4, -0.2) is 38.9 Å². The fourth-order valence-corrected chi connectivity index (χ4v) is 3.62. The molecule has 0 bridgehead atoms. The molecule has 2 fully saturated rings. The lowest BCUT2D eigenvalue weighted by molar-refractivity contribution is -0.175. The Bertz CT molecular complexity index is 541. The summed E-state index contributed by atoms with van der Waals surface area (Å²) in [4.78, 5) is 12.6. The van der Waals surface area contributed by atoms with Crippen LogP contribution in [0.1, 0.15) is 26.1 Å². The fraction of sp³-hybridized carbons (Fsp3) is 0.769. The smallest absolute Gasteiger partial charge is 0.241 e. The van der Waals surface area contributed by atoms with E-state index in [2.05, 4.69) is 15.5 Å². The average Bonchev–Trinajstić information content (AvgIpc) is 3.03. The van der Waals surface area contributed by atoms with Gasteiger partial charge >= 0.3 is 0 Å². The summed E-state index contributed by atoms with van der Waals surface area (Å²) < 4.78 is 7.47. The summed E-state index contributed by atoms with van der Waals surface area (Å²) in [6, 6.07) is 0. The molecular weight excluding hydrogens is 258 g/mol. The lowest BCUT2D eigenvalue weighted by Gasteiger charge is -2.60. The second-order valence-electron chi connectivity index (χ2n) is 6.32. The molecule has 1 aromatic rings. The Hall–Kier alpha value is -1.47. The molecule has 3 unspecified atom stereocenters. The van der Waals surface area contributed by atoms with Crippen LogP contribution < -0.4 is 11.1 Å². The summed E-state index contributed by atoms with van der Waals surface area (Å²) in [5, 5.41) is 10.6. The molecule has 1 saturated heterocycles. The summed E-state index contributed by atoms with van der Waals surface area (Å²) in [5.41, 5.74) is 5.23. The molecule has 1 aliphatic heterocycles. The van der Waals surface area contributed by atoms with Crippen LogP contribution in [0.15, 0.2) is 6.33 Å². The third-order valence-electron chi connectivity index (χ3n) is 5.04. The van der Waals surface area contributed by atoms with Crippen LogP contribution in [0.5, 0.6) is 0 Å². The van der Waals surface area contributed by atoms with Crippen molar-refractivity contribution in [2.45, 2.75) is 38.5 Å². The van der Waals surface area contributed by atoms with Crippen molar-refractivity contribution in [3.05, 3.63) is 12.2 Å². The van der Waals surface area contributed by atoms with Crippen LogP contribution in [-0.2, 0) is 23.1 Å². The van der Waals surface area contributed by atoms with E-state index in [4.69, 9.17) is 10.5 Å². The first kappa shape index (κ1) is 13.5. The molecular formula is C13H21N5O2. The molecule has 20 heavy (non-hydrogen) atoms. The van der Waals surface area contributed by atoms with E-state index < -0.39 is 5.54 Å². The number of carbonyl (C=O) groups is 1. The molecule has 0 aromatic carbocycles. The Morgan fingerprint density at radius 2 is 2.40 bits per heavy atom. The number of nitrogens with two attached hydrogens (primary N) is 1. The first-order chi connectivity index (χ1) is 9.39. The highest BCUT2D eigenvalue weighted by Crippen LogP contribution is 2.58. The number of nitrogens with zero attached hydrogens (tertiary/aromatic N) is 3. The van der Waals surface area contributed by atoms with Crippen LogP contribution in [0.3, 0.4) is 0 Å². The largest absolute Gasteiger partial charge is 0.377 e. The highest BCUT2D eigenvalue weighted by Gasteiger charge is 2.71. The van der Waals surface area contributed by atoms with Gasteiger partial charge in [0.05, 0.1) is 12.6 Å². The number of aromatic nitrogens is 3. The molecule has 3 N–H and O–H groups in total. The molecule has 3 atom stereocenters. The van der Waals surface area contributed by atoms with E-state index in [9.17, 15) is 4.79 Å². The monoisotopic (exact) mass is 279 g/mol. The molecule has 2 aliphatic rings. The summed E-state index contributed by atoms with van der Waals surface area (Å²) in [7, 11) is 1.84. The molecule has 0 radical (unpaired) electrons. The summed E-state index contributed by atoms with van der Waals surface area (Å²) >= 11 is 0. The predicted molar refractivity (Wildman–Crippen MR) is 71.4 cm³/mol. The van der Waals surface area contributed by atoms with E-state index in [0.717, 1.165) is 6.42 Å². The van der Waals surface area contributed by atoms with Gasteiger partial charge in [-0.1, -0.05) is 13.8 Å². The van der Waals surface area contributed by atoms with Gasteiger partial charge in [0.1, 0.15) is 11.9 Å². The molecule has 3 rings (SSSR count). The van der Waals surface area contributed by atoms with E-state index in [1.807, 2.05) is 20.9 Å². The lowest BCUT2D eigenvalue weighted by Crippen LogP contribution is -2.80. The highest BCUT2D eigenvalue weighted by molar-refractivity contribution is 5.89. The quantitative estimate of drug-likeness (QED) is 0.783. The zero-order valence-electron chi connectivity index (χ0n) is 12.1. The Morgan fingerprint density at radius 1 is 1.65 bits per heavy atom. The molecule has 0 spiro atoms. The second-order valence-corrected chi connectivity index (χ2v) is 6.32. The maximum Gasteiger partial charge on any atom is 0.241 e. The topological polar surface area (TPSA) is 95.1 Å². The summed E-state index contributed by atoms with van der Waals surface area (Å²) in [6.07, 6.45) is 2.54. The van der Waals surface area contributed by atoms with Crippen LogP contribution >= 0.6 is 0 Å². The highest BCUT2D eigenvalue weighted by atomic mass is 16.5. The van der Waals surface area contributed by atoms with Gasteiger partial charge in [-0.25, -0.2) is 0 Å². The molecule has 110 valence electrons. The minimum Gasteiger partial charge on any atom is -0.377 e. The van der Waals surface area contributed by atoms with Crippen LogP contribution in [0.4, 0.5) is 0 Å². The number of rotatable bonds is 3. The maximum atomic E-state index is 12.6. The minimum absolute atomic E-state index is 0.0908. The van der Waals surface area contributed by atoms with Gasteiger partial charge in [-0.3, -0.25) is 4.79 Å². The Morgan fingerprint density at radius 3 is 3.05 bits per heavy atom. The van der Waals surface area contributed by atoms with Gasteiger partial charge in [0, 0.05) is 25.0 Å². The SMILES string of the molecule is Cn1cnnc1CNC(=O)C1(N)C2CCOC2C1(C)C. The zero-order valence-corrected chi connectivity index (χ0v) is 12.1. The molecule has 1 amide bonds. The van der Waals surface area contributed by atoms with Crippen molar-refractivity contribution in [3.8, 4) is 0 Å². The number of carbonyl (C=O) groups excluding carboxylic acids is 1. The van der Waals surface area contributed by atoms with E-state index in [1.54, 1.807) is 10.9 Å². The normalized spacial score (nSPS) is 34.4. The molecule has 7 nitrogen and oxygen atoms in total. The van der Waals surface area contributed by atoms with Gasteiger partial charge in [0.25, 0.3) is 0 Å². The summed E-state index contributed by atoms with van der Waals surface area (Å²) in [5.74, 6) is 0.688. The fourth-order valence-electron chi connectivity index (χ4n) is 3.62. The Balaban J connectivity index is 1.72. The van der Waals surface area contributed by atoms with E-state index in [0.29, 0.717) is 19.0 Å². The van der Waals surface area contributed by atoms with Gasteiger partial charge in [-0.15, -0.1) is 10.2 Å². The van der Waals surface area contributed by atoms with Crippen molar-refractivity contribution in [1.82, 2.24) is 20.1 Å². The van der Waals surface area contributed by atoms with Crippen molar-refractivity contribution in [1.29, 1.82) is 0 Å². The number of fused-ring (bicyclic) bond motifs is 1. The Labute approximate surface area is 117 Å². The van der Waals surface area contributed by atoms with Crippen LogP contribution in [0.25, 0.3) is 0 Å². The van der Waals surface area contributed by atoms with Crippen molar-refractivity contribution >= 4 is 5.91 Å². The van der Waals surface area contributed by atoms with Crippen molar-refractivity contribution in [2.75, 3.05) is 6.61 Å². The van der Waals surface area contributed by atoms with Gasteiger partial charge in [0.2, 0.25) is 5.91 Å². The first-order valence-electron chi connectivity index (χ1n) is 6.90. The van der Waals surface area contributed by atoms with E-state index in [1.165, 1.54) is 0 Å². The predicted octanol–water partition coefficient (Wildman–Crippen LogP) is -0.426. The van der Waals surface area contributed by atoms with Crippen molar-refractivity contribution < 1.29 is 9.53 Å². The van der Waals surface area contributed by atoms with E-state index in [-0.39, 0.29) is 23.3 Å². The molecule has 1 aromatic heterocycles. The zero-order chi connectivity index (χ0) is 14.5. The van der Waals surface area contributed by atoms with Gasteiger partial charge in [-0.05, 0) is 6.42 Å². The summed E-state index contributed by atoms with van der Waals surface area (Å²) in [6.45, 7) is 5.03.